The summed E-state index contributed by atoms with van der Waals surface area (Å²) in [5, 5.41) is 41.2. The SMILES string of the molecule is CCCCCC/C=C\C=C/CCCCCCCC(=O)O[C@H](COC(=O)CCCCCC[C@@H]1[C@@H](/C=C/[C@@H](O)CCCCC)[C@H](O)C[C@@H]1O)COP(=O)(O)OC[C@@H](O)COP(=O)(O)O. The number of allylic oxidation sites excluding steroid dienone is 4. The Hall–Kier alpha value is -1.78. The number of unbranched alkanes of at least 4 members (excludes halogenated alkanes) is 14. The largest absolute Gasteiger partial charge is 0.472 e. The second kappa shape index (κ2) is 35.5. The first-order chi connectivity index (χ1) is 29.6. The van der Waals surface area contributed by atoms with Gasteiger partial charge in [-0.1, -0.05) is 127 Å². The molecule has 0 aliphatic heterocycles. The summed E-state index contributed by atoms with van der Waals surface area (Å²) in [6.45, 7) is 1.39. The van der Waals surface area contributed by atoms with Gasteiger partial charge in [0.1, 0.15) is 12.7 Å². The van der Waals surface area contributed by atoms with Crippen LogP contribution in [-0.2, 0) is 41.8 Å². The van der Waals surface area contributed by atoms with E-state index in [4.69, 9.17) is 23.8 Å². The van der Waals surface area contributed by atoms with Crippen molar-refractivity contribution in [1.29, 1.82) is 0 Å². The highest BCUT2D eigenvalue weighted by molar-refractivity contribution is 7.47. The van der Waals surface area contributed by atoms with Crippen molar-refractivity contribution in [2.24, 2.45) is 11.8 Å². The molecule has 1 aliphatic rings. The van der Waals surface area contributed by atoms with E-state index in [1.807, 2.05) is 6.08 Å². The molecule has 0 bridgehead atoms. The van der Waals surface area contributed by atoms with Gasteiger partial charge in [-0.3, -0.25) is 23.2 Å². The van der Waals surface area contributed by atoms with Crippen LogP contribution in [0.15, 0.2) is 36.5 Å². The summed E-state index contributed by atoms with van der Waals surface area (Å²) in [7, 11) is -9.76. The highest BCUT2D eigenvalue weighted by Crippen LogP contribution is 2.44. The first kappa shape index (κ1) is 58.2. The van der Waals surface area contributed by atoms with E-state index in [-0.39, 0.29) is 31.1 Å². The van der Waals surface area contributed by atoms with Crippen molar-refractivity contribution in [3.63, 3.8) is 0 Å². The number of hydrogen-bond acceptors (Lipinski definition) is 13. The summed E-state index contributed by atoms with van der Waals surface area (Å²) in [5.41, 5.74) is 0. The Morgan fingerprint density at radius 3 is 1.85 bits per heavy atom. The summed E-state index contributed by atoms with van der Waals surface area (Å²) in [6, 6.07) is 0. The lowest BCUT2D eigenvalue weighted by molar-refractivity contribution is -0.161. The Kier molecular flexibility index (Phi) is 33.3. The highest BCUT2D eigenvalue weighted by Gasteiger charge is 2.39. The van der Waals surface area contributed by atoms with E-state index in [2.05, 4.69) is 47.2 Å². The molecule has 62 heavy (non-hydrogen) atoms. The van der Waals surface area contributed by atoms with Crippen molar-refractivity contribution < 1.29 is 76.9 Å². The Balaban J connectivity index is 2.54. The van der Waals surface area contributed by atoms with Gasteiger partial charge in [0.15, 0.2) is 6.10 Å². The zero-order chi connectivity index (χ0) is 46.1. The summed E-state index contributed by atoms with van der Waals surface area (Å²) in [4.78, 5) is 53.0. The van der Waals surface area contributed by atoms with Gasteiger partial charge in [-0.05, 0) is 57.3 Å². The van der Waals surface area contributed by atoms with Crippen molar-refractivity contribution in [1.82, 2.24) is 0 Å². The standard InChI is InChI=1S/C44H80O16P2/c1-3-5-7-8-9-10-11-12-13-14-15-16-17-18-24-28-44(50)60-38(35-59-62(54,55)58-33-37(46)32-57-61(51,52)53)34-56-43(49)27-23-20-19-22-26-39-40(42(48)31-41(39)47)30-29-36(45)25-21-6-4-2/h10-13,29-30,36-42,45-48H,3-9,14-28,31-35H2,1-2H3,(H,54,55)(H2,51,52,53)/b11-10-,13-12-,30-29+/t36-,37-,38+,39+,40+,41-,42+/m0/s1. The molecule has 16 nitrogen and oxygen atoms in total. The van der Waals surface area contributed by atoms with Crippen LogP contribution in [0.2, 0.25) is 0 Å². The van der Waals surface area contributed by atoms with Gasteiger partial charge in [-0.2, -0.15) is 0 Å². The van der Waals surface area contributed by atoms with Crippen LogP contribution in [0.3, 0.4) is 0 Å². The van der Waals surface area contributed by atoms with Crippen LogP contribution < -0.4 is 0 Å². The number of phosphoric ester groups is 2. The van der Waals surface area contributed by atoms with Gasteiger partial charge in [-0.25, -0.2) is 9.13 Å². The summed E-state index contributed by atoms with van der Waals surface area (Å²) in [5.74, 6) is -1.55. The van der Waals surface area contributed by atoms with Gasteiger partial charge in [0.05, 0.1) is 38.1 Å². The molecule has 1 aliphatic carbocycles. The molecule has 0 radical (unpaired) electrons. The van der Waals surface area contributed by atoms with Crippen LogP contribution in [0.5, 0.6) is 0 Å². The van der Waals surface area contributed by atoms with Gasteiger partial charge in [0.2, 0.25) is 0 Å². The highest BCUT2D eigenvalue weighted by atomic mass is 31.2. The summed E-state index contributed by atoms with van der Waals surface area (Å²) >= 11 is 0. The Labute approximate surface area is 370 Å². The molecule has 0 saturated heterocycles. The van der Waals surface area contributed by atoms with E-state index >= 15 is 0 Å². The number of phosphoric acid groups is 2. The first-order valence-corrected chi connectivity index (χ1v) is 26.0. The smallest absolute Gasteiger partial charge is 0.462 e. The number of rotatable bonds is 39. The second-order valence-electron chi connectivity index (χ2n) is 16.3. The molecular formula is C44H80O16P2. The summed E-state index contributed by atoms with van der Waals surface area (Å²) in [6.07, 6.45) is 26.3. The van der Waals surface area contributed by atoms with Gasteiger partial charge in [-0.15, -0.1) is 0 Å². The number of hydrogen-bond donors (Lipinski definition) is 7. The zero-order valence-electron chi connectivity index (χ0n) is 37.3. The number of ether oxygens (including phenoxy) is 2. The van der Waals surface area contributed by atoms with Crippen molar-refractivity contribution in [2.75, 3.05) is 26.4 Å². The lowest BCUT2D eigenvalue weighted by Crippen LogP contribution is -2.30. The van der Waals surface area contributed by atoms with E-state index in [0.29, 0.717) is 32.1 Å². The lowest BCUT2D eigenvalue weighted by Gasteiger charge is -2.21. The minimum absolute atomic E-state index is 0.0648. The molecule has 1 saturated carbocycles. The lowest BCUT2D eigenvalue weighted by atomic mass is 9.88. The molecular weight excluding hydrogens is 846 g/mol. The van der Waals surface area contributed by atoms with Gasteiger partial charge < -0.3 is 44.6 Å². The monoisotopic (exact) mass is 926 g/mol. The fourth-order valence-corrected chi connectivity index (χ4v) is 8.24. The van der Waals surface area contributed by atoms with Crippen molar-refractivity contribution >= 4 is 27.6 Å². The molecule has 1 rings (SSSR count). The number of carbonyl (C=O) groups is 2. The third-order valence-corrected chi connectivity index (χ3v) is 12.1. The molecule has 0 aromatic carbocycles. The van der Waals surface area contributed by atoms with Crippen molar-refractivity contribution in [3.05, 3.63) is 36.5 Å². The molecule has 0 amide bonds. The van der Waals surface area contributed by atoms with Crippen molar-refractivity contribution in [3.8, 4) is 0 Å². The number of aliphatic hydroxyl groups is 4. The van der Waals surface area contributed by atoms with E-state index in [9.17, 15) is 44.0 Å². The molecule has 8 atom stereocenters. The number of aliphatic hydroxyl groups excluding tert-OH is 4. The molecule has 7 N–H and O–H groups in total. The quantitative estimate of drug-likeness (QED) is 0.0101. The maximum Gasteiger partial charge on any atom is 0.472 e. The fourth-order valence-electron chi connectivity index (χ4n) is 7.08. The summed E-state index contributed by atoms with van der Waals surface area (Å²) < 4.78 is 47.8. The molecule has 1 fully saturated rings. The van der Waals surface area contributed by atoms with Crippen LogP contribution in [0.4, 0.5) is 0 Å². The maximum absolute atomic E-state index is 12.7. The van der Waals surface area contributed by atoms with Crippen molar-refractivity contribution in [2.45, 2.75) is 192 Å². The Morgan fingerprint density at radius 2 is 1.21 bits per heavy atom. The topological polar surface area (TPSA) is 256 Å². The van der Waals surface area contributed by atoms with Crippen LogP contribution >= 0.6 is 15.6 Å². The third-order valence-electron chi connectivity index (χ3n) is 10.6. The molecule has 362 valence electrons. The average molecular weight is 927 g/mol. The average Bonchev–Trinajstić information content (AvgIpc) is 3.49. The molecule has 0 aromatic heterocycles. The maximum atomic E-state index is 12.7. The number of esters is 2. The predicted octanol–water partition coefficient (Wildman–Crippen LogP) is 8.05. The molecule has 0 aromatic rings. The normalized spacial score (nSPS) is 20.9. The van der Waals surface area contributed by atoms with E-state index in [1.54, 1.807) is 6.08 Å². The fraction of sp³-hybridized carbons (Fsp3) is 0.818. The van der Waals surface area contributed by atoms with Crippen LogP contribution in [0.25, 0.3) is 0 Å². The van der Waals surface area contributed by atoms with E-state index in [1.165, 1.54) is 25.7 Å². The first-order valence-electron chi connectivity index (χ1n) is 23.0. The van der Waals surface area contributed by atoms with E-state index in [0.717, 1.165) is 70.6 Å². The predicted molar refractivity (Wildman–Crippen MR) is 237 cm³/mol. The van der Waals surface area contributed by atoms with E-state index < -0.39 is 84.5 Å². The molecule has 0 spiro atoms. The molecule has 18 heteroatoms. The van der Waals surface area contributed by atoms with Gasteiger partial charge in [0.25, 0.3) is 0 Å². The second-order valence-corrected chi connectivity index (χ2v) is 19.0. The Bertz CT molecular complexity index is 1350. The molecule has 1 unspecified atom stereocenters. The molecule has 0 heterocycles. The van der Waals surface area contributed by atoms with Crippen LogP contribution in [0, 0.1) is 11.8 Å². The van der Waals surface area contributed by atoms with Crippen LogP contribution in [-0.4, -0.2) is 104 Å². The van der Waals surface area contributed by atoms with Gasteiger partial charge in [0, 0.05) is 25.2 Å². The number of carbonyl (C=O) groups excluding carboxylic acids is 2. The minimum Gasteiger partial charge on any atom is -0.462 e. The minimum atomic E-state index is -4.89. The Morgan fingerprint density at radius 1 is 0.661 bits per heavy atom. The zero-order valence-corrected chi connectivity index (χ0v) is 39.1. The van der Waals surface area contributed by atoms with Crippen LogP contribution in [0.1, 0.15) is 162 Å². The van der Waals surface area contributed by atoms with Gasteiger partial charge >= 0.3 is 27.6 Å². The third kappa shape index (κ3) is 32.0.